The number of hydrogen-bond acceptors (Lipinski definition) is 5. The Morgan fingerprint density at radius 2 is 1.96 bits per heavy atom. The molecule has 0 aliphatic heterocycles. The van der Waals surface area contributed by atoms with Crippen molar-refractivity contribution in [2.75, 3.05) is 0 Å². The number of rotatable bonds is 5. The first-order chi connectivity index (χ1) is 11.2. The fraction of sp³-hybridized carbons (Fsp3) is 0.0625. The average Bonchev–Trinajstić information content (AvgIpc) is 3.07. The van der Waals surface area contributed by atoms with Crippen LogP contribution in [0.4, 0.5) is 11.4 Å². The molecule has 0 N–H and O–H groups in total. The predicted octanol–water partition coefficient (Wildman–Crippen LogP) is 2.99. The lowest BCUT2D eigenvalue weighted by atomic mass is 10.1. The van der Waals surface area contributed by atoms with Gasteiger partial charge in [0.1, 0.15) is 12.7 Å². The van der Waals surface area contributed by atoms with Crippen LogP contribution in [0.1, 0.15) is 11.1 Å². The third-order valence-corrected chi connectivity index (χ3v) is 3.25. The summed E-state index contributed by atoms with van der Waals surface area (Å²) in [4.78, 5) is 18.6. The van der Waals surface area contributed by atoms with E-state index in [1.165, 1.54) is 18.5 Å². The molecule has 0 bridgehead atoms. The Morgan fingerprint density at radius 3 is 2.65 bits per heavy atom. The average molecular weight is 307 g/mol. The smallest absolute Gasteiger partial charge is 0.258 e. The van der Waals surface area contributed by atoms with E-state index in [2.05, 4.69) is 15.1 Å². The second-order valence-corrected chi connectivity index (χ2v) is 4.83. The van der Waals surface area contributed by atoms with Gasteiger partial charge in [0.15, 0.2) is 0 Å². The van der Waals surface area contributed by atoms with E-state index < -0.39 is 4.92 Å². The van der Waals surface area contributed by atoms with E-state index in [1.54, 1.807) is 29.4 Å². The summed E-state index contributed by atoms with van der Waals surface area (Å²) in [6.45, 7) is 0.577. The summed E-state index contributed by atoms with van der Waals surface area (Å²) < 4.78 is 1.72. The van der Waals surface area contributed by atoms with E-state index in [0.29, 0.717) is 6.54 Å². The summed E-state index contributed by atoms with van der Waals surface area (Å²) in [6.07, 6.45) is 4.82. The molecule has 2 aromatic carbocycles. The third-order valence-electron chi connectivity index (χ3n) is 3.25. The highest BCUT2D eigenvalue weighted by atomic mass is 16.6. The van der Waals surface area contributed by atoms with Crippen molar-refractivity contribution in [3.8, 4) is 0 Å². The standard InChI is InChI=1S/C16H13N5O2/c22-21(23)15-7-5-13(6-8-15)9-18-16-4-2-1-3-14(16)10-20-12-17-11-19-20/h1-9,11-12H,10H2. The Morgan fingerprint density at radius 1 is 1.17 bits per heavy atom. The van der Waals surface area contributed by atoms with Crippen LogP contribution in [0.3, 0.4) is 0 Å². The Labute approximate surface area is 132 Å². The Bertz CT molecular complexity index is 826. The summed E-state index contributed by atoms with van der Waals surface area (Å²) in [5.74, 6) is 0. The molecule has 23 heavy (non-hydrogen) atoms. The minimum Gasteiger partial charge on any atom is -0.258 e. The molecule has 114 valence electrons. The van der Waals surface area contributed by atoms with Crippen LogP contribution in [0.2, 0.25) is 0 Å². The Balaban J connectivity index is 1.80. The second-order valence-electron chi connectivity index (χ2n) is 4.83. The molecule has 0 amide bonds. The zero-order valence-corrected chi connectivity index (χ0v) is 12.1. The van der Waals surface area contributed by atoms with E-state index in [0.717, 1.165) is 16.8 Å². The first kappa shape index (κ1) is 14.6. The van der Waals surface area contributed by atoms with Gasteiger partial charge in [-0.1, -0.05) is 18.2 Å². The van der Waals surface area contributed by atoms with Crippen molar-refractivity contribution in [3.05, 3.63) is 82.4 Å². The van der Waals surface area contributed by atoms with Gasteiger partial charge in [0.05, 0.1) is 17.2 Å². The van der Waals surface area contributed by atoms with Crippen molar-refractivity contribution in [1.29, 1.82) is 0 Å². The molecule has 1 aromatic heterocycles. The number of aromatic nitrogens is 3. The van der Waals surface area contributed by atoms with Crippen LogP contribution < -0.4 is 0 Å². The molecule has 1 heterocycles. The number of nitrogens with zero attached hydrogens (tertiary/aromatic N) is 5. The highest BCUT2D eigenvalue weighted by Crippen LogP contribution is 2.20. The highest BCUT2D eigenvalue weighted by Gasteiger charge is 2.04. The van der Waals surface area contributed by atoms with Crippen molar-refractivity contribution in [2.24, 2.45) is 4.99 Å². The number of nitro groups is 1. The molecule has 0 saturated heterocycles. The number of aliphatic imine (C=N–C) groups is 1. The van der Waals surface area contributed by atoms with E-state index in [1.807, 2.05) is 24.3 Å². The van der Waals surface area contributed by atoms with Gasteiger partial charge in [-0.3, -0.25) is 15.1 Å². The molecule has 3 rings (SSSR count). The molecule has 0 fully saturated rings. The van der Waals surface area contributed by atoms with Gasteiger partial charge in [-0.25, -0.2) is 9.67 Å². The molecule has 7 nitrogen and oxygen atoms in total. The first-order valence-corrected chi connectivity index (χ1v) is 6.91. The summed E-state index contributed by atoms with van der Waals surface area (Å²) in [5, 5.41) is 14.7. The molecule has 7 heteroatoms. The summed E-state index contributed by atoms with van der Waals surface area (Å²) >= 11 is 0. The molecule has 0 atom stereocenters. The maximum absolute atomic E-state index is 10.6. The largest absolute Gasteiger partial charge is 0.269 e. The van der Waals surface area contributed by atoms with Crippen LogP contribution in [0, 0.1) is 10.1 Å². The monoisotopic (exact) mass is 307 g/mol. The fourth-order valence-electron chi connectivity index (χ4n) is 2.09. The zero-order valence-electron chi connectivity index (χ0n) is 12.1. The van der Waals surface area contributed by atoms with Gasteiger partial charge in [0, 0.05) is 18.3 Å². The molecule has 0 aliphatic carbocycles. The zero-order chi connectivity index (χ0) is 16.1. The van der Waals surface area contributed by atoms with Crippen molar-refractivity contribution in [2.45, 2.75) is 6.54 Å². The molecular weight excluding hydrogens is 294 g/mol. The SMILES string of the molecule is O=[N+]([O-])c1ccc(C=Nc2ccccc2Cn2cncn2)cc1. The third kappa shape index (κ3) is 3.65. The molecule has 0 unspecified atom stereocenters. The summed E-state index contributed by atoms with van der Waals surface area (Å²) in [6, 6.07) is 14.0. The molecular formula is C16H13N5O2. The number of para-hydroxylation sites is 1. The van der Waals surface area contributed by atoms with Gasteiger partial charge in [-0.05, 0) is 29.3 Å². The first-order valence-electron chi connectivity index (χ1n) is 6.91. The quantitative estimate of drug-likeness (QED) is 0.412. The van der Waals surface area contributed by atoms with Crippen molar-refractivity contribution in [3.63, 3.8) is 0 Å². The predicted molar refractivity (Wildman–Crippen MR) is 85.9 cm³/mol. The molecule has 0 radical (unpaired) electrons. The lowest BCUT2D eigenvalue weighted by Crippen LogP contribution is -2.00. The van der Waals surface area contributed by atoms with Gasteiger partial charge >= 0.3 is 0 Å². The summed E-state index contributed by atoms with van der Waals surface area (Å²) in [5.41, 5.74) is 2.69. The van der Waals surface area contributed by atoms with Gasteiger partial charge < -0.3 is 0 Å². The van der Waals surface area contributed by atoms with E-state index >= 15 is 0 Å². The van der Waals surface area contributed by atoms with Crippen LogP contribution in [0.25, 0.3) is 0 Å². The molecule has 0 saturated carbocycles. The number of nitro benzene ring substituents is 1. The van der Waals surface area contributed by atoms with Gasteiger partial charge in [0.2, 0.25) is 0 Å². The van der Waals surface area contributed by atoms with Crippen LogP contribution in [-0.4, -0.2) is 25.9 Å². The highest BCUT2D eigenvalue weighted by molar-refractivity contribution is 5.82. The van der Waals surface area contributed by atoms with Crippen LogP contribution in [-0.2, 0) is 6.54 Å². The van der Waals surface area contributed by atoms with Gasteiger partial charge in [-0.15, -0.1) is 0 Å². The topological polar surface area (TPSA) is 86.2 Å². The maximum Gasteiger partial charge on any atom is 0.269 e. The van der Waals surface area contributed by atoms with Crippen molar-refractivity contribution in [1.82, 2.24) is 14.8 Å². The van der Waals surface area contributed by atoms with E-state index in [4.69, 9.17) is 0 Å². The lowest BCUT2D eigenvalue weighted by Gasteiger charge is -2.05. The van der Waals surface area contributed by atoms with Crippen molar-refractivity contribution >= 4 is 17.6 Å². The number of non-ortho nitro benzene ring substituents is 1. The van der Waals surface area contributed by atoms with Crippen LogP contribution in [0.5, 0.6) is 0 Å². The second kappa shape index (κ2) is 6.61. The van der Waals surface area contributed by atoms with Crippen LogP contribution >= 0.6 is 0 Å². The van der Waals surface area contributed by atoms with Crippen molar-refractivity contribution < 1.29 is 4.92 Å². The fourth-order valence-corrected chi connectivity index (χ4v) is 2.09. The molecule has 0 aliphatic rings. The molecule has 3 aromatic rings. The maximum atomic E-state index is 10.6. The van der Waals surface area contributed by atoms with E-state index in [-0.39, 0.29) is 5.69 Å². The van der Waals surface area contributed by atoms with Crippen LogP contribution in [0.15, 0.2) is 66.2 Å². The minimum absolute atomic E-state index is 0.0636. The lowest BCUT2D eigenvalue weighted by molar-refractivity contribution is -0.384. The minimum atomic E-state index is -0.422. The van der Waals surface area contributed by atoms with Gasteiger partial charge in [0.25, 0.3) is 5.69 Å². The Kier molecular flexibility index (Phi) is 4.19. The molecule has 0 spiro atoms. The number of benzene rings is 2. The number of hydrogen-bond donors (Lipinski definition) is 0. The normalized spacial score (nSPS) is 11.0. The summed E-state index contributed by atoms with van der Waals surface area (Å²) in [7, 11) is 0. The Hall–Kier alpha value is -3.35. The van der Waals surface area contributed by atoms with Gasteiger partial charge in [-0.2, -0.15) is 5.10 Å². The van der Waals surface area contributed by atoms with E-state index in [9.17, 15) is 10.1 Å².